The van der Waals surface area contributed by atoms with Gasteiger partial charge in [-0.2, -0.15) is 4.31 Å². The van der Waals surface area contributed by atoms with Crippen molar-refractivity contribution in [3.8, 4) is 0 Å². The monoisotopic (exact) mass is 356 g/mol. The number of ether oxygens (including phenoxy) is 1. The van der Waals surface area contributed by atoms with Crippen LogP contribution in [0.15, 0.2) is 29.2 Å². The van der Waals surface area contributed by atoms with Gasteiger partial charge in [-0.05, 0) is 50.9 Å². The summed E-state index contributed by atoms with van der Waals surface area (Å²) in [5.74, 6) is -0.525. The van der Waals surface area contributed by atoms with Crippen molar-refractivity contribution < 1.29 is 17.5 Å². The average molecular weight is 356 g/mol. The Bertz CT molecular complexity index is 687. The molecule has 0 N–H and O–H groups in total. The van der Waals surface area contributed by atoms with E-state index in [9.17, 15) is 12.8 Å². The maximum atomic E-state index is 13.4. The summed E-state index contributed by atoms with van der Waals surface area (Å²) in [6.45, 7) is 1.66. The van der Waals surface area contributed by atoms with Crippen molar-refractivity contribution in [3.05, 3.63) is 30.1 Å². The number of hydrogen-bond donors (Lipinski definition) is 0. The SMILES string of the molecule is COCC1CCC2(CCN(S(=O)(=O)c3cccc(F)c3)CC2)N1C. The Balaban J connectivity index is 1.71. The number of methoxy groups -OCH3 is 1. The highest BCUT2D eigenvalue weighted by atomic mass is 32.2. The fourth-order valence-electron chi connectivity index (χ4n) is 4.10. The Morgan fingerprint density at radius 3 is 2.62 bits per heavy atom. The third-order valence-electron chi connectivity index (χ3n) is 5.68. The van der Waals surface area contributed by atoms with E-state index >= 15 is 0 Å². The molecule has 2 fully saturated rings. The first-order valence-corrected chi connectivity index (χ1v) is 9.81. The Kier molecular flexibility index (Phi) is 4.97. The average Bonchev–Trinajstić information content (AvgIpc) is 2.85. The smallest absolute Gasteiger partial charge is 0.243 e. The topological polar surface area (TPSA) is 49.9 Å². The van der Waals surface area contributed by atoms with E-state index in [1.165, 1.54) is 22.5 Å². The summed E-state index contributed by atoms with van der Waals surface area (Å²) in [5, 5.41) is 0. The first kappa shape index (κ1) is 17.8. The lowest BCUT2D eigenvalue weighted by atomic mass is 9.86. The molecule has 5 nitrogen and oxygen atoms in total. The molecule has 1 aromatic rings. The van der Waals surface area contributed by atoms with Crippen LogP contribution in [-0.2, 0) is 14.8 Å². The molecular formula is C17H25FN2O3S. The molecule has 24 heavy (non-hydrogen) atoms. The van der Waals surface area contributed by atoms with Crippen LogP contribution in [-0.4, -0.2) is 63.1 Å². The number of likely N-dealkylation sites (tertiary alicyclic amines) is 1. The van der Waals surface area contributed by atoms with E-state index in [4.69, 9.17) is 4.74 Å². The van der Waals surface area contributed by atoms with Gasteiger partial charge in [0.05, 0.1) is 11.5 Å². The van der Waals surface area contributed by atoms with Gasteiger partial charge in [0, 0.05) is 31.8 Å². The third kappa shape index (κ3) is 3.10. The molecule has 0 aliphatic carbocycles. The summed E-state index contributed by atoms with van der Waals surface area (Å²) >= 11 is 0. The molecular weight excluding hydrogens is 331 g/mol. The lowest BCUT2D eigenvalue weighted by Gasteiger charge is -2.44. The van der Waals surface area contributed by atoms with Crippen LogP contribution in [0.3, 0.4) is 0 Å². The summed E-state index contributed by atoms with van der Waals surface area (Å²) < 4.78 is 45.6. The maximum Gasteiger partial charge on any atom is 0.243 e. The zero-order chi connectivity index (χ0) is 17.4. The minimum atomic E-state index is -3.62. The molecule has 1 unspecified atom stereocenters. The molecule has 2 saturated heterocycles. The van der Waals surface area contributed by atoms with Crippen molar-refractivity contribution in [2.45, 2.75) is 42.2 Å². The number of benzene rings is 1. The Morgan fingerprint density at radius 1 is 1.29 bits per heavy atom. The highest BCUT2D eigenvalue weighted by Crippen LogP contribution is 2.41. The number of hydrogen-bond acceptors (Lipinski definition) is 4. The van der Waals surface area contributed by atoms with Crippen LogP contribution in [0.1, 0.15) is 25.7 Å². The van der Waals surface area contributed by atoms with Crippen LogP contribution < -0.4 is 0 Å². The zero-order valence-corrected chi connectivity index (χ0v) is 15.1. The van der Waals surface area contributed by atoms with Gasteiger partial charge >= 0.3 is 0 Å². The number of halogens is 1. The van der Waals surface area contributed by atoms with Crippen LogP contribution in [0, 0.1) is 5.82 Å². The fraction of sp³-hybridized carbons (Fsp3) is 0.647. The minimum absolute atomic E-state index is 0.0375. The van der Waals surface area contributed by atoms with Gasteiger partial charge in [0.25, 0.3) is 0 Å². The molecule has 0 amide bonds. The maximum absolute atomic E-state index is 13.4. The second-order valence-electron chi connectivity index (χ2n) is 6.84. The minimum Gasteiger partial charge on any atom is -0.383 e. The highest BCUT2D eigenvalue weighted by Gasteiger charge is 2.47. The van der Waals surface area contributed by atoms with Gasteiger partial charge in [-0.15, -0.1) is 0 Å². The molecule has 1 atom stereocenters. The van der Waals surface area contributed by atoms with Crippen molar-refractivity contribution >= 4 is 10.0 Å². The number of rotatable bonds is 4. The number of likely N-dealkylation sites (N-methyl/N-ethyl adjacent to an activating group) is 1. The zero-order valence-electron chi connectivity index (χ0n) is 14.2. The third-order valence-corrected chi connectivity index (χ3v) is 7.58. The Labute approximate surface area is 143 Å². The van der Waals surface area contributed by atoms with E-state index in [1.807, 2.05) is 0 Å². The molecule has 7 heteroatoms. The Hall–Kier alpha value is -1.02. The van der Waals surface area contributed by atoms with E-state index in [2.05, 4.69) is 11.9 Å². The van der Waals surface area contributed by atoms with Crippen LogP contribution in [0.25, 0.3) is 0 Å². The Morgan fingerprint density at radius 2 is 2.00 bits per heavy atom. The van der Waals surface area contributed by atoms with Crippen LogP contribution in [0.4, 0.5) is 4.39 Å². The summed E-state index contributed by atoms with van der Waals surface area (Å²) in [4.78, 5) is 2.42. The van der Waals surface area contributed by atoms with Crippen molar-refractivity contribution in [2.24, 2.45) is 0 Å². The predicted octanol–water partition coefficient (Wildman–Crippen LogP) is 2.09. The van der Waals surface area contributed by atoms with E-state index in [0.29, 0.717) is 25.7 Å². The van der Waals surface area contributed by atoms with Crippen LogP contribution in [0.2, 0.25) is 0 Å². The van der Waals surface area contributed by atoms with Crippen molar-refractivity contribution in [2.75, 3.05) is 33.9 Å². The first-order chi connectivity index (χ1) is 11.4. The predicted molar refractivity (Wildman–Crippen MR) is 89.8 cm³/mol. The van der Waals surface area contributed by atoms with Crippen LogP contribution >= 0.6 is 0 Å². The van der Waals surface area contributed by atoms with E-state index in [-0.39, 0.29) is 10.4 Å². The van der Waals surface area contributed by atoms with E-state index in [1.54, 1.807) is 7.11 Å². The van der Waals surface area contributed by atoms with Crippen LogP contribution in [0.5, 0.6) is 0 Å². The first-order valence-electron chi connectivity index (χ1n) is 8.37. The molecule has 134 valence electrons. The lowest BCUT2D eigenvalue weighted by Crippen LogP contribution is -2.53. The summed E-state index contributed by atoms with van der Waals surface area (Å²) in [6.07, 6.45) is 3.77. The molecule has 2 aliphatic rings. The van der Waals surface area contributed by atoms with Crippen molar-refractivity contribution in [1.29, 1.82) is 0 Å². The number of sulfonamides is 1. The molecule has 1 spiro atoms. The van der Waals surface area contributed by atoms with Gasteiger partial charge in [0.15, 0.2) is 0 Å². The van der Waals surface area contributed by atoms with Gasteiger partial charge in [-0.1, -0.05) is 6.07 Å². The fourth-order valence-corrected chi connectivity index (χ4v) is 5.58. The molecule has 0 aromatic heterocycles. The molecule has 1 aromatic carbocycles. The molecule has 0 saturated carbocycles. The number of piperidine rings is 1. The summed E-state index contributed by atoms with van der Waals surface area (Å²) in [6, 6.07) is 5.65. The second kappa shape index (κ2) is 6.71. The van der Waals surface area contributed by atoms with Crippen molar-refractivity contribution in [1.82, 2.24) is 9.21 Å². The molecule has 0 radical (unpaired) electrons. The quantitative estimate of drug-likeness (QED) is 0.829. The standard InChI is InChI=1S/C17H25FN2O3S/c1-19-15(13-23-2)6-7-17(19)8-10-20(11-9-17)24(21,22)16-5-3-4-14(18)12-16/h3-5,12,15H,6-11,13H2,1-2H3. The number of nitrogens with zero attached hydrogens (tertiary/aromatic N) is 2. The van der Waals surface area contributed by atoms with Gasteiger partial charge in [0.2, 0.25) is 10.0 Å². The molecule has 0 bridgehead atoms. The summed E-state index contributed by atoms with van der Waals surface area (Å²) in [5.41, 5.74) is 0.0666. The lowest BCUT2D eigenvalue weighted by molar-refractivity contribution is 0.0454. The molecule has 3 rings (SSSR count). The second-order valence-corrected chi connectivity index (χ2v) is 8.78. The highest BCUT2D eigenvalue weighted by molar-refractivity contribution is 7.89. The molecule has 2 heterocycles. The van der Waals surface area contributed by atoms with E-state index < -0.39 is 15.8 Å². The molecule has 2 aliphatic heterocycles. The normalized spacial score (nSPS) is 25.4. The van der Waals surface area contributed by atoms with Crippen molar-refractivity contribution in [3.63, 3.8) is 0 Å². The largest absolute Gasteiger partial charge is 0.383 e. The van der Waals surface area contributed by atoms with E-state index in [0.717, 1.165) is 31.7 Å². The van der Waals surface area contributed by atoms with Gasteiger partial charge in [-0.25, -0.2) is 12.8 Å². The van der Waals surface area contributed by atoms with Gasteiger partial charge in [0.1, 0.15) is 5.82 Å². The van der Waals surface area contributed by atoms with Gasteiger partial charge in [-0.3, -0.25) is 4.90 Å². The summed E-state index contributed by atoms with van der Waals surface area (Å²) in [7, 11) is 0.212. The van der Waals surface area contributed by atoms with Gasteiger partial charge < -0.3 is 4.74 Å².